The number of ether oxygens (including phenoxy) is 1. The Hall–Kier alpha value is -2.79. The molecule has 3 aromatic rings. The fourth-order valence-electron chi connectivity index (χ4n) is 3.49. The van der Waals surface area contributed by atoms with E-state index in [0.717, 1.165) is 29.2 Å². The maximum absolute atomic E-state index is 12.5. The Morgan fingerprint density at radius 1 is 1.21 bits per heavy atom. The van der Waals surface area contributed by atoms with E-state index in [-0.39, 0.29) is 11.8 Å². The topological polar surface area (TPSA) is 56.2 Å². The molecule has 0 spiro atoms. The summed E-state index contributed by atoms with van der Waals surface area (Å²) in [6.07, 6.45) is 0.911. The molecule has 0 saturated carbocycles. The lowest BCUT2D eigenvalue weighted by atomic mass is 9.96. The summed E-state index contributed by atoms with van der Waals surface area (Å²) in [7, 11) is 0. The summed E-state index contributed by atoms with van der Waals surface area (Å²) >= 11 is 6.22. The number of hydrogen-bond donors (Lipinski definition) is 1. The van der Waals surface area contributed by atoms with Crippen molar-refractivity contribution in [1.82, 2.24) is 15.1 Å². The SMILES string of the molecule is Cc1nn(-c2ccc(C(=O)NCC3COc4ccccc4C3)cc2)c(C)c1Cl. The third-order valence-corrected chi connectivity index (χ3v) is 5.63. The van der Waals surface area contributed by atoms with Crippen molar-refractivity contribution in [1.29, 1.82) is 0 Å². The number of nitrogens with one attached hydrogen (secondary N) is 1. The summed E-state index contributed by atoms with van der Waals surface area (Å²) in [5.74, 6) is 1.14. The zero-order valence-electron chi connectivity index (χ0n) is 15.9. The predicted molar refractivity (Wildman–Crippen MR) is 110 cm³/mol. The van der Waals surface area contributed by atoms with Crippen LogP contribution in [0.3, 0.4) is 0 Å². The number of carbonyl (C=O) groups is 1. The van der Waals surface area contributed by atoms with Crippen molar-refractivity contribution in [3.63, 3.8) is 0 Å². The molecule has 0 fully saturated rings. The predicted octanol–water partition coefficient (Wildman–Crippen LogP) is 4.12. The summed E-state index contributed by atoms with van der Waals surface area (Å²) in [5, 5.41) is 8.13. The zero-order valence-corrected chi connectivity index (χ0v) is 16.7. The molecule has 2 aromatic carbocycles. The van der Waals surface area contributed by atoms with E-state index in [1.54, 1.807) is 4.68 Å². The maximum atomic E-state index is 12.5. The molecule has 0 radical (unpaired) electrons. The molecule has 28 heavy (non-hydrogen) atoms. The number of aryl methyl sites for hydroxylation is 1. The Bertz CT molecular complexity index is 1010. The molecule has 2 heterocycles. The van der Waals surface area contributed by atoms with Crippen LogP contribution in [-0.4, -0.2) is 28.8 Å². The summed E-state index contributed by atoms with van der Waals surface area (Å²) in [5.41, 5.74) is 4.36. The van der Waals surface area contributed by atoms with Gasteiger partial charge in [-0.25, -0.2) is 4.68 Å². The molecule has 1 aromatic heterocycles. The van der Waals surface area contributed by atoms with Crippen molar-refractivity contribution >= 4 is 17.5 Å². The number of aromatic nitrogens is 2. The lowest BCUT2D eigenvalue weighted by molar-refractivity contribution is 0.0939. The second-order valence-electron chi connectivity index (χ2n) is 7.14. The number of carbonyl (C=O) groups excluding carboxylic acids is 1. The molecular weight excluding hydrogens is 374 g/mol. The summed E-state index contributed by atoms with van der Waals surface area (Å²) < 4.78 is 7.58. The first-order valence-corrected chi connectivity index (χ1v) is 9.72. The lowest BCUT2D eigenvalue weighted by Gasteiger charge is -2.25. The van der Waals surface area contributed by atoms with Crippen molar-refractivity contribution < 1.29 is 9.53 Å². The second kappa shape index (κ2) is 7.68. The highest BCUT2D eigenvalue weighted by atomic mass is 35.5. The average Bonchev–Trinajstić information content (AvgIpc) is 2.99. The van der Waals surface area contributed by atoms with Crippen LogP contribution < -0.4 is 10.1 Å². The number of hydrogen-bond acceptors (Lipinski definition) is 3. The van der Waals surface area contributed by atoms with Crippen LogP contribution in [0.25, 0.3) is 5.69 Å². The maximum Gasteiger partial charge on any atom is 0.251 e. The van der Waals surface area contributed by atoms with Gasteiger partial charge in [-0.15, -0.1) is 0 Å². The van der Waals surface area contributed by atoms with Gasteiger partial charge >= 0.3 is 0 Å². The third-order valence-electron chi connectivity index (χ3n) is 5.08. The van der Waals surface area contributed by atoms with Crippen LogP contribution in [0.15, 0.2) is 48.5 Å². The Labute approximate surface area is 169 Å². The van der Waals surface area contributed by atoms with E-state index < -0.39 is 0 Å². The molecule has 4 rings (SSSR count). The molecule has 1 N–H and O–H groups in total. The number of rotatable bonds is 4. The van der Waals surface area contributed by atoms with Crippen LogP contribution in [0.1, 0.15) is 27.3 Å². The molecule has 144 valence electrons. The number of nitrogens with zero attached hydrogens (tertiary/aromatic N) is 2. The standard InChI is InChI=1S/C22H22ClN3O2/c1-14-21(23)15(2)26(25-14)19-9-7-17(8-10-19)22(27)24-12-16-11-18-5-3-4-6-20(18)28-13-16/h3-10,16H,11-13H2,1-2H3,(H,24,27). The van der Waals surface area contributed by atoms with Crippen molar-refractivity contribution in [2.75, 3.05) is 13.2 Å². The first kappa shape index (κ1) is 18.6. The molecule has 5 nitrogen and oxygen atoms in total. The van der Waals surface area contributed by atoms with Crippen LogP contribution in [0.5, 0.6) is 5.75 Å². The largest absolute Gasteiger partial charge is 0.493 e. The van der Waals surface area contributed by atoms with Gasteiger partial charge in [0.1, 0.15) is 5.75 Å². The third kappa shape index (κ3) is 3.62. The van der Waals surface area contributed by atoms with E-state index >= 15 is 0 Å². The highest BCUT2D eigenvalue weighted by molar-refractivity contribution is 6.31. The molecule has 1 unspecified atom stereocenters. The fourth-order valence-corrected chi connectivity index (χ4v) is 3.61. The van der Waals surface area contributed by atoms with Gasteiger partial charge in [-0.05, 0) is 56.2 Å². The molecule has 0 bridgehead atoms. The molecule has 0 aliphatic carbocycles. The zero-order chi connectivity index (χ0) is 19.7. The van der Waals surface area contributed by atoms with E-state index in [9.17, 15) is 4.79 Å². The molecule has 1 aliphatic heterocycles. The summed E-state index contributed by atoms with van der Waals surface area (Å²) in [4.78, 5) is 12.5. The minimum absolute atomic E-state index is 0.0863. The van der Waals surface area contributed by atoms with Crippen LogP contribution in [0, 0.1) is 19.8 Å². The van der Waals surface area contributed by atoms with E-state index in [1.165, 1.54) is 5.56 Å². The Morgan fingerprint density at radius 2 is 1.96 bits per heavy atom. The minimum Gasteiger partial charge on any atom is -0.493 e. The summed E-state index contributed by atoms with van der Waals surface area (Å²) in [6.45, 7) is 5.01. The molecule has 1 amide bonds. The van der Waals surface area contributed by atoms with E-state index in [0.29, 0.717) is 23.7 Å². The molecule has 6 heteroatoms. The van der Waals surface area contributed by atoms with E-state index in [2.05, 4.69) is 16.5 Å². The van der Waals surface area contributed by atoms with E-state index in [1.807, 2.05) is 56.3 Å². The number of amides is 1. The number of fused-ring (bicyclic) bond motifs is 1. The van der Waals surface area contributed by atoms with Gasteiger partial charge in [-0.3, -0.25) is 4.79 Å². The smallest absolute Gasteiger partial charge is 0.251 e. The van der Waals surface area contributed by atoms with Gasteiger partial charge in [-0.2, -0.15) is 5.10 Å². The fraction of sp³-hybridized carbons (Fsp3) is 0.273. The van der Waals surface area contributed by atoms with Gasteiger partial charge in [0.05, 0.1) is 28.7 Å². The van der Waals surface area contributed by atoms with Crippen LogP contribution in [0.2, 0.25) is 5.02 Å². The van der Waals surface area contributed by atoms with Gasteiger partial charge in [0.2, 0.25) is 0 Å². The normalized spacial score (nSPS) is 15.6. The van der Waals surface area contributed by atoms with Gasteiger partial charge in [0.15, 0.2) is 0 Å². The average molecular weight is 396 g/mol. The number of para-hydroxylation sites is 1. The molecule has 0 saturated heterocycles. The van der Waals surface area contributed by atoms with Crippen molar-refractivity contribution in [3.05, 3.63) is 76.1 Å². The van der Waals surface area contributed by atoms with E-state index in [4.69, 9.17) is 16.3 Å². The second-order valence-corrected chi connectivity index (χ2v) is 7.52. The highest BCUT2D eigenvalue weighted by Crippen LogP contribution is 2.26. The Kier molecular flexibility index (Phi) is 5.09. The molecular formula is C22H22ClN3O2. The van der Waals surface area contributed by atoms with Crippen molar-refractivity contribution in [3.8, 4) is 11.4 Å². The van der Waals surface area contributed by atoms with Crippen molar-refractivity contribution in [2.24, 2.45) is 5.92 Å². The quantitative estimate of drug-likeness (QED) is 0.722. The Balaban J connectivity index is 1.38. The van der Waals surface area contributed by atoms with Crippen LogP contribution >= 0.6 is 11.6 Å². The summed E-state index contributed by atoms with van der Waals surface area (Å²) in [6, 6.07) is 15.4. The Morgan fingerprint density at radius 3 is 2.68 bits per heavy atom. The van der Waals surface area contributed by atoms with Gasteiger partial charge < -0.3 is 10.1 Å². The highest BCUT2D eigenvalue weighted by Gasteiger charge is 2.20. The van der Waals surface area contributed by atoms with Crippen molar-refractivity contribution in [2.45, 2.75) is 20.3 Å². The number of halogens is 1. The molecule has 1 atom stereocenters. The van der Waals surface area contributed by atoms with Gasteiger partial charge in [0, 0.05) is 18.0 Å². The first-order valence-electron chi connectivity index (χ1n) is 9.34. The van der Waals surface area contributed by atoms with Crippen LogP contribution in [0.4, 0.5) is 0 Å². The van der Waals surface area contributed by atoms with Gasteiger partial charge in [-0.1, -0.05) is 29.8 Å². The van der Waals surface area contributed by atoms with Gasteiger partial charge in [0.25, 0.3) is 5.91 Å². The molecule has 1 aliphatic rings. The lowest BCUT2D eigenvalue weighted by Crippen LogP contribution is -2.34. The monoisotopic (exact) mass is 395 g/mol. The number of benzene rings is 2. The van der Waals surface area contributed by atoms with Crippen LogP contribution in [-0.2, 0) is 6.42 Å². The minimum atomic E-state index is -0.0863. The first-order chi connectivity index (χ1) is 13.5.